The highest BCUT2D eigenvalue weighted by Gasteiger charge is 2.24. The summed E-state index contributed by atoms with van der Waals surface area (Å²) in [6.07, 6.45) is 5.10. The number of fused-ring (bicyclic) bond motifs is 1. The second-order valence-corrected chi connectivity index (χ2v) is 6.02. The average Bonchev–Trinajstić information content (AvgIpc) is 3.31. The summed E-state index contributed by atoms with van der Waals surface area (Å²) < 4.78 is 0. The number of imidazole rings is 1. The van der Waals surface area contributed by atoms with Crippen LogP contribution in [-0.2, 0) is 4.79 Å². The lowest BCUT2D eigenvalue weighted by atomic mass is 10.1. The smallest absolute Gasteiger partial charge is 0.257 e. The van der Waals surface area contributed by atoms with Crippen LogP contribution in [0.3, 0.4) is 0 Å². The van der Waals surface area contributed by atoms with Crippen molar-refractivity contribution < 1.29 is 9.59 Å². The molecule has 3 aromatic rings. The van der Waals surface area contributed by atoms with Gasteiger partial charge in [-0.3, -0.25) is 19.9 Å². The lowest BCUT2D eigenvalue weighted by molar-refractivity contribution is -0.121. The Morgan fingerprint density at radius 3 is 2.76 bits per heavy atom. The number of aromatic amines is 1. The second-order valence-electron chi connectivity index (χ2n) is 6.02. The fourth-order valence-electron chi connectivity index (χ4n) is 2.97. The number of H-pyrrole nitrogens is 1. The number of benzene rings is 1. The highest BCUT2D eigenvalue weighted by molar-refractivity contribution is 6.07. The highest BCUT2D eigenvalue weighted by Crippen LogP contribution is 2.20. The van der Waals surface area contributed by atoms with Crippen molar-refractivity contribution in [2.75, 3.05) is 6.54 Å². The predicted molar refractivity (Wildman–Crippen MR) is 92.8 cm³/mol. The Kier molecular flexibility index (Phi) is 3.99. The maximum Gasteiger partial charge on any atom is 0.257 e. The van der Waals surface area contributed by atoms with Crippen LogP contribution in [-0.4, -0.2) is 39.4 Å². The summed E-state index contributed by atoms with van der Waals surface area (Å²) in [6.45, 7) is 0.809. The summed E-state index contributed by atoms with van der Waals surface area (Å²) in [6, 6.07) is 8.59. The summed E-state index contributed by atoms with van der Waals surface area (Å²) in [5.74, 6) is 0.0253. The van der Waals surface area contributed by atoms with Gasteiger partial charge in [0.15, 0.2) is 0 Å². The lowest BCUT2D eigenvalue weighted by Crippen LogP contribution is -2.43. The Morgan fingerprint density at radius 1 is 1.16 bits per heavy atom. The number of pyridine rings is 1. The van der Waals surface area contributed by atoms with E-state index in [0.29, 0.717) is 16.9 Å². The molecule has 1 aliphatic rings. The standard InChI is InChI=1S/C18H17N5O2/c24-17(23-18(25)14-2-1-7-20-14)12-3-4-13-15(10-12)22-16(21-13)11-5-8-19-9-6-11/h3-6,8-10,14,20H,1-2,7H2,(H,21,22)(H,23,24,25)/t14-/m0/s1. The molecule has 1 aromatic carbocycles. The molecule has 4 rings (SSSR count). The lowest BCUT2D eigenvalue weighted by Gasteiger charge is -2.09. The van der Waals surface area contributed by atoms with Gasteiger partial charge in [-0.15, -0.1) is 0 Å². The van der Waals surface area contributed by atoms with E-state index < -0.39 is 5.91 Å². The molecule has 0 spiro atoms. The van der Waals surface area contributed by atoms with E-state index in [9.17, 15) is 9.59 Å². The van der Waals surface area contributed by atoms with Gasteiger partial charge in [-0.1, -0.05) is 0 Å². The SMILES string of the molecule is O=C(NC(=O)[C@@H]1CCCN1)c1ccc2[nH]c(-c3ccncc3)nc2c1. The average molecular weight is 335 g/mol. The van der Waals surface area contributed by atoms with E-state index in [1.807, 2.05) is 12.1 Å². The van der Waals surface area contributed by atoms with Gasteiger partial charge in [0.1, 0.15) is 5.82 Å². The predicted octanol–water partition coefficient (Wildman–Crippen LogP) is 1.63. The fourth-order valence-corrected chi connectivity index (χ4v) is 2.97. The first kappa shape index (κ1) is 15.5. The van der Waals surface area contributed by atoms with Crippen molar-refractivity contribution in [3.63, 3.8) is 0 Å². The molecule has 1 atom stereocenters. The summed E-state index contributed by atoms with van der Waals surface area (Å²) in [5, 5.41) is 5.53. The molecule has 7 heteroatoms. The number of nitrogens with zero attached hydrogens (tertiary/aromatic N) is 2. The molecule has 0 saturated carbocycles. The van der Waals surface area contributed by atoms with Gasteiger partial charge in [-0.05, 0) is 49.7 Å². The molecule has 0 unspecified atom stereocenters. The van der Waals surface area contributed by atoms with Crippen LogP contribution in [0.2, 0.25) is 0 Å². The molecule has 0 radical (unpaired) electrons. The third kappa shape index (κ3) is 3.14. The Bertz CT molecular complexity index is 929. The minimum absolute atomic E-state index is 0.276. The van der Waals surface area contributed by atoms with Crippen molar-refractivity contribution in [3.05, 3.63) is 48.3 Å². The zero-order chi connectivity index (χ0) is 17.2. The van der Waals surface area contributed by atoms with E-state index in [0.717, 1.165) is 30.5 Å². The normalized spacial score (nSPS) is 16.9. The van der Waals surface area contributed by atoms with Gasteiger partial charge in [-0.25, -0.2) is 4.98 Å². The van der Waals surface area contributed by atoms with Crippen LogP contribution in [0.15, 0.2) is 42.7 Å². The number of hydrogen-bond donors (Lipinski definition) is 3. The molecule has 0 aliphatic carbocycles. The first-order valence-electron chi connectivity index (χ1n) is 8.19. The summed E-state index contributed by atoms with van der Waals surface area (Å²) >= 11 is 0. The maximum atomic E-state index is 12.3. The van der Waals surface area contributed by atoms with E-state index in [1.165, 1.54) is 0 Å². The number of imide groups is 1. The monoisotopic (exact) mass is 335 g/mol. The minimum atomic E-state index is -0.408. The molecule has 3 N–H and O–H groups in total. The van der Waals surface area contributed by atoms with Crippen molar-refractivity contribution >= 4 is 22.8 Å². The number of carbonyl (C=O) groups excluding carboxylic acids is 2. The van der Waals surface area contributed by atoms with E-state index in [4.69, 9.17) is 0 Å². The Labute approximate surface area is 143 Å². The molecule has 3 heterocycles. The molecule has 7 nitrogen and oxygen atoms in total. The van der Waals surface area contributed by atoms with E-state index in [1.54, 1.807) is 30.6 Å². The third-order valence-electron chi connectivity index (χ3n) is 4.31. The van der Waals surface area contributed by atoms with Gasteiger partial charge in [0.2, 0.25) is 5.91 Å². The maximum absolute atomic E-state index is 12.3. The number of amides is 2. The molecule has 25 heavy (non-hydrogen) atoms. The van der Waals surface area contributed by atoms with Crippen molar-refractivity contribution in [2.24, 2.45) is 0 Å². The number of carbonyl (C=O) groups is 2. The molecule has 1 aliphatic heterocycles. The van der Waals surface area contributed by atoms with Crippen molar-refractivity contribution in [1.29, 1.82) is 0 Å². The molecule has 126 valence electrons. The van der Waals surface area contributed by atoms with Gasteiger partial charge in [0, 0.05) is 23.5 Å². The van der Waals surface area contributed by atoms with Gasteiger partial charge in [-0.2, -0.15) is 0 Å². The number of hydrogen-bond acceptors (Lipinski definition) is 5. The second kappa shape index (κ2) is 6.45. The van der Waals surface area contributed by atoms with Gasteiger partial charge < -0.3 is 10.3 Å². The van der Waals surface area contributed by atoms with Crippen LogP contribution in [0.5, 0.6) is 0 Å². The highest BCUT2D eigenvalue weighted by atomic mass is 16.2. The van der Waals surface area contributed by atoms with E-state index >= 15 is 0 Å². The molecule has 2 aromatic heterocycles. The number of nitrogens with one attached hydrogen (secondary N) is 3. The van der Waals surface area contributed by atoms with Crippen molar-refractivity contribution in [2.45, 2.75) is 18.9 Å². The molecule has 1 fully saturated rings. The Morgan fingerprint density at radius 2 is 2.00 bits per heavy atom. The fraction of sp³-hybridized carbons (Fsp3) is 0.222. The molecule has 2 amide bonds. The van der Waals surface area contributed by atoms with Gasteiger partial charge in [0.05, 0.1) is 17.1 Å². The van der Waals surface area contributed by atoms with Crippen molar-refractivity contribution in [1.82, 2.24) is 25.6 Å². The Hall–Kier alpha value is -3.06. The Balaban J connectivity index is 1.56. The summed E-state index contributed by atoms with van der Waals surface area (Å²) in [5.41, 5.74) is 2.82. The zero-order valence-corrected chi connectivity index (χ0v) is 13.5. The molecular formula is C18H17N5O2. The topological polar surface area (TPSA) is 99.8 Å². The quantitative estimate of drug-likeness (QED) is 0.632. The van der Waals surface area contributed by atoms with Gasteiger partial charge >= 0.3 is 0 Å². The van der Waals surface area contributed by atoms with Crippen LogP contribution in [0.4, 0.5) is 0 Å². The van der Waals surface area contributed by atoms with Crippen LogP contribution in [0.1, 0.15) is 23.2 Å². The van der Waals surface area contributed by atoms with E-state index in [2.05, 4.69) is 25.6 Å². The van der Waals surface area contributed by atoms with Crippen LogP contribution in [0, 0.1) is 0 Å². The summed E-state index contributed by atoms with van der Waals surface area (Å²) in [7, 11) is 0. The molecule has 1 saturated heterocycles. The van der Waals surface area contributed by atoms with Crippen molar-refractivity contribution in [3.8, 4) is 11.4 Å². The van der Waals surface area contributed by atoms with Crippen LogP contribution >= 0.6 is 0 Å². The van der Waals surface area contributed by atoms with Gasteiger partial charge in [0.25, 0.3) is 5.91 Å². The molecule has 0 bridgehead atoms. The third-order valence-corrected chi connectivity index (χ3v) is 4.31. The zero-order valence-electron chi connectivity index (χ0n) is 13.5. The molecular weight excluding hydrogens is 318 g/mol. The number of rotatable bonds is 3. The number of aromatic nitrogens is 3. The first-order chi connectivity index (χ1) is 12.2. The minimum Gasteiger partial charge on any atom is -0.338 e. The van der Waals surface area contributed by atoms with Crippen LogP contribution in [0.25, 0.3) is 22.4 Å². The van der Waals surface area contributed by atoms with E-state index in [-0.39, 0.29) is 11.9 Å². The largest absolute Gasteiger partial charge is 0.338 e. The first-order valence-corrected chi connectivity index (χ1v) is 8.19. The van der Waals surface area contributed by atoms with Crippen LogP contribution < -0.4 is 10.6 Å². The summed E-state index contributed by atoms with van der Waals surface area (Å²) in [4.78, 5) is 36.1.